The van der Waals surface area contributed by atoms with E-state index in [1.807, 2.05) is 0 Å². The molecule has 2 heterocycles. The lowest BCUT2D eigenvalue weighted by Crippen LogP contribution is -2.13. The Morgan fingerprint density at radius 2 is 1.95 bits per heavy atom. The Balaban J connectivity index is 2.09. The van der Waals surface area contributed by atoms with Crippen molar-refractivity contribution in [1.82, 2.24) is 19.5 Å². The summed E-state index contributed by atoms with van der Waals surface area (Å²) in [5, 5.41) is 2.42. The molecule has 0 bridgehead atoms. The van der Waals surface area contributed by atoms with Crippen LogP contribution in [0.5, 0.6) is 0 Å². The SMILES string of the molecule is FC(F)n1ccnc1CNc1nccc(C(F)(F)F)n1. The number of hydrogen-bond acceptors (Lipinski definition) is 4. The van der Waals surface area contributed by atoms with E-state index in [-0.39, 0.29) is 18.3 Å². The Bertz CT molecular complexity index is 579. The molecule has 0 aliphatic rings. The van der Waals surface area contributed by atoms with Gasteiger partial charge in [0.05, 0.1) is 6.54 Å². The molecule has 0 radical (unpaired) electrons. The number of nitrogens with one attached hydrogen (secondary N) is 1. The molecule has 2 aromatic rings. The van der Waals surface area contributed by atoms with Gasteiger partial charge in [-0.25, -0.2) is 15.0 Å². The fraction of sp³-hybridized carbons (Fsp3) is 0.300. The van der Waals surface area contributed by atoms with Gasteiger partial charge in [0, 0.05) is 18.6 Å². The molecule has 20 heavy (non-hydrogen) atoms. The molecule has 0 aromatic carbocycles. The van der Waals surface area contributed by atoms with E-state index < -0.39 is 18.4 Å². The van der Waals surface area contributed by atoms with Crippen LogP contribution in [0.15, 0.2) is 24.7 Å². The van der Waals surface area contributed by atoms with Crippen LogP contribution < -0.4 is 5.32 Å². The van der Waals surface area contributed by atoms with Gasteiger partial charge in [-0.3, -0.25) is 4.57 Å². The summed E-state index contributed by atoms with van der Waals surface area (Å²) in [6, 6.07) is 0.714. The monoisotopic (exact) mass is 293 g/mol. The first-order valence-electron chi connectivity index (χ1n) is 5.32. The number of alkyl halides is 5. The standard InChI is InChI=1S/C10H8F5N5/c11-8(12)20-4-3-16-7(20)5-18-9-17-2-1-6(19-9)10(13,14)15/h1-4,8H,5H2,(H,17,18,19). The second-order valence-electron chi connectivity index (χ2n) is 3.65. The first kappa shape index (κ1) is 14.2. The highest BCUT2D eigenvalue weighted by Gasteiger charge is 2.32. The van der Waals surface area contributed by atoms with Gasteiger partial charge in [-0.1, -0.05) is 0 Å². The van der Waals surface area contributed by atoms with Gasteiger partial charge in [-0.15, -0.1) is 0 Å². The molecule has 2 aromatic heterocycles. The zero-order chi connectivity index (χ0) is 14.8. The van der Waals surface area contributed by atoms with E-state index in [1.54, 1.807) is 0 Å². The number of halogens is 5. The summed E-state index contributed by atoms with van der Waals surface area (Å²) in [7, 11) is 0. The number of aromatic nitrogens is 4. The minimum atomic E-state index is -4.60. The fourth-order valence-electron chi connectivity index (χ4n) is 1.42. The van der Waals surface area contributed by atoms with Gasteiger partial charge in [0.1, 0.15) is 11.5 Å². The van der Waals surface area contributed by atoms with E-state index in [0.29, 0.717) is 10.6 Å². The Labute approximate surface area is 109 Å². The number of nitrogens with zero attached hydrogens (tertiary/aromatic N) is 4. The predicted octanol–water partition coefficient (Wildman–Crippen LogP) is 2.70. The molecule has 0 unspecified atom stereocenters. The lowest BCUT2D eigenvalue weighted by molar-refractivity contribution is -0.141. The number of rotatable bonds is 4. The summed E-state index contributed by atoms with van der Waals surface area (Å²) >= 11 is 0. The smallest absolute Gasteiger partial charge is 0.347 e. The molecule has 1 N–H and O–H groups in total. The second-order valence-corrected chi connectivity index (χ2v) is 3.65. The minimum absolute atomic E-state index is 0.0407. The number of hydrogen-bond donors (Lipinski definition) is 1. The molecule has 0 fully saturated rings. The van der Waals surface area contributed by atoms with Crippen LogP contribution in [0.1, 0.15) is 18.1 Å². The highest BCUT2D eigenvalue weighted by molar-refractivity contribution is 5.26. The van der Waals surface area contributed by atoms with Crippen LogP contribution in [0.25, 0.3) is 0 Å². The third kappa shape index (κ3) is 3.19. The van der Waals surface area contributed by atoms with E-state index in [4.69, 9.17) is 0 Å². The maximum absolute atomic E-state index is 12.5. The van der Waals surface area contributed by atoms with E-state index in [9.17, 15) is 22.0 Å². The fourth-order valence-corrected chi connectivity index (χ4v) is 1.42. The van der Waals surface area contributed by atoms with Crippen molar-refractivity contribution in [3.05, 3.63) is 36.2 Å². The van der Waals surface area contributed by atoms with Crippen LogP contribution in [0.2, 0.25) is 0 Å². The van der Waals surface area contributed by atoms with Crippen molar-refractivity contribution >= 4 is 5.95 Å². The van der Waals surface area contributed by atoms with Crippen LogP contribution >= 0.6 is 0 Å². The summed E-state index contributed by atoms with van der Waals surface area (Å²) in [6.07, 6.45) is -1.44. The molecule has 0 saturated carbocycles. The third-order valence-electron chi connectivity index (χ3n) is 2.31. The second kappa shape index (κ2) is 5.39. The molecule has 2 rings (SSSR count). The van der Waals surface area contributed by atoms with E-state index in [1.165, 1.54) is 0 Å². The van der Waals surface area contributed by atoms with Crippen molar-refractivity contribution < 1.29 is 22.0 Å². The summed E-state index contributed by atoms with van der Waals surface area (Å²) < 4.78 is 62.9. The Morgan fingerprint density at radius 1 is 1.20 bits per heavy atom. The zero-order valence-corrected chi connectivity index (χ0v) is 9.77. The summed E-state index contributed by atoms with van der Waals surface area (Å²) in [6.45, 7) is -3.00. The van der Waals surface area contributed by atoms with Gasteiger partial charge in [0.15, 0.2) is 0 Å². The molecule has 0 amide bonds. The molecule has 0 saturated heterocycles. The first-order chi connectivity index (χ1) is 9.38. The van der Waals surface area contributed by atoms with Crippen molar-refractivity contribution in [2.45, 2.75) is 19.3 Å². The van der Waals surface area contributed by atoms with Gasteiger partial charge in [-0.2, -0.15) is 22.0 Å². The largest absolute Gasteiger partial charge is 0.433 e. The molecule has 108 valence electrons. The highest BCUT2D eigenvalue weighted by Crippen LogP contribution is 2.27. The zero-order valence-electron chi connectivity index (χ0n) is 9.77. The number of anilines is 1. The van der Waals surface area contributed by atoms with Gasteiger partial charge < -0.3 is 5.32 Å². The third-order valence-corrected chi connectivity index (χ3v) is 2.31. The molecule has 10 heteroatoms. The average molecular weight is 293 g/mol. The molecule has 0 atom stereocenters. The molecule has 0 spiro atoms. The highest BCUT2D eigenvalue weighted by atomic mass is 19.4. The molecule has 5 nitrogen and oxygen atoms in total. The van der Waals surface area contributed by atoms with Crippen LogP contribution in [0.4, 0.5) is 27.9 Å². The molecular formula is C10H8F5N5. The Morgan fingerprint density at radius 3 is 2.60 bits per heavy atom. The average Bonchev–Trinajstić information content (AvgIpc) is 2.84. The van der Waals surface area contributed by atoms with Crippen molar-refractivity contribution in [1.29, 1.82) is 0 Å². The van der Waals surface area contributed by atoms with Crippen molar-refractivity contribution in [2.75, 3.05) is 5.32 Å². The molecular weight excluding hydrogens is 285 g/mol. The van der Waals surface area contributed by atoms with Gasteiger partial charge in [0.25, 0.3) is 0 Å². The van der Waals surface area contributed by atoms with Crippen LogP contribution in [-0.4, -0.2) is 19.5 Å². The summed E-state index contributed by atoms with van der Waals surface area (Å²) in [5.74, 6) is -0.357. The first-order valence-corrected chi connectivity index (χ1v) is 5.32. The van der Waals surface area contributed by atoms with Crippen molar-refractivity contribution in [2.24, 2.45) is 0 Å². The Hall–Kier alpha value is -2.26. The van der Waals surface area contributed by atoms with Gasteiger partial charge >= 0.3 is 12.7 Å². The normalized spacial score (nSPS) is 11.9. The van der Waals surface area contributed by atoms with Crippen LogP contribution in [0, 0.1) is 0 Å². The number of imidazole rings is 1. The quantitative estimate of drug-likeness (QED) is 0.881. The van der Waals surface area contributed by atoms with E-state index in [2.05, 4.69) is 20.3 Å². The van der Waals surface area contributed by atoms with Crippen LogP contribution in [-0.2, 0) is 12.7 Å². The van der Waals surface area contributed by atoms with Crippen molar-refractivity contribution in [3.8, 4) is 0 Å². The molecule has 0 aliphatic heterocycles. The maximum Gasteiger partial charge on any atom is 0.433 e. The summed E-state index contributed by atoms with van der Waals surface area (Å²) in [5.41, 5.74) is -1.12. The van der Waals surface area contributed by atoms with Gasteiger partial charge in [0.2, 0.25) is 5.95 Å². The predicted molar refractivity (Wildman–Crippen MR) is 57.8 cm³/mol. The van der Waals surface area contributed by atoms with E-state index >= 15 is 0 Å². The lowest BCUT2D eigenvalue weighted by atomic mass is 10.4. The van der Waals surface area contributed by atoms with Crippen LogP contribution in [0.3, 0.4) is 0 Å². The Kier molecular flexibility index (Phi) is 3.81. The minimum Gasteiger partial charge on any atom is -0.347 e. The topological polar surface area (TPSA) is 55.6 Å². The van der Waals surface area contributed by atoms with Gasteiger partial charge in [-0.05, 0) is 6.07 Å². The van der Waals surface area contributed by atoms with Crippen molar-refractivity contribution in [3.63, 3.8) is 0 Å². The van der Waals surface area contributed by atoms with E-state index in [0.717, 1.165) is 18.6 Å². The maximum atomic E-state index is 12.5. The lowest BCUT2D eigenvalue weighted by Gasteiger charge is -2.09. The summed E-state index contributed by atoms with van der Waals surface area (Å²) in [4.78, 5) is 10.5. The molecule has 0 aliphatic carbocycles.